The molecule has 1 aromatic rings. The largest absolute Gasteiger partial charge is 0.350 e. The summed E-state index contributed by atoms with van der Waals surface area (Å²) < 4.78 is 0. The van der Waals surface area contributed by atoms with E-state index < -0.39 is 0 Å². The molecule has 86 valence electrons. The van der Waals surface area contributed by atoms with Crippen LogP contribution in [0.25, 0.3) is 0 Å². The van der Waals surface area contributed by atoms with Gasteiger partial charge < -0.3 is 11.1 Å². The molecule has 5 heteroatoms. The molecule has 0 saturated carbocycles. The highest BCUT2D eigenvalue weighted by Crippen LogP contribution is 2.13. The zero-order chi connectivity index (χ0) is 10.8. The van der Waals surface area contributed by atoms with Gasteiger partial charge in [0, 0.05) is 17.5 Å². The second kappa shape index (κ2) is 5.49. The summed E-state index contributed by atoms with van der Waals surface area (Å²) in [6.45, 7) is 6.18. The lowest BCUT2D eigenvalue weighted by atomic mass is 10.1. The van der Waals surface area contributed by atoms with Crippen LogP contribution in [0.4, 0.5) is 0 Å². The van der Waals surface area contributed by atoms with Crippen molar-refractivity contribution in [1.82, 2.24) is 5.32 Å². The zero-order valence-electron chi connectivity index (χ0n) is 9.16. The number of aryl methyl sites for hydroxylation is 1. The van der Waals surface area contributed by atoms with Crippen molar-refractivity contribution in [1.29, 1.82) is 0 Å². The summed E-state index contributed by atoms with van der Waals surface area (Å²) >= 11 is 1.54. The predicted octanol–water partition coefficient (Wildman–Crippen LogP) is 1.95. The standard InChI is InChI=1S/C10H16N2OS.ClH/c1-7-4-14-5-8(7)9(13)12-6-10(2,3)11;/h4-5H,6,11H2,1-3H3,(H,12,13);1H. The van der Waals surface area contributed by atoms with Crippen LogP contribution in [0.1, 0.15) is 29.8 Å². The topological polar surface area (TPSA) is 55.1 Å². The fourth-order valence-electron chi connectivity index (χ4n) is 0.996. The number of nitrogens with two attached hydrogens (primary N) is 1. The van der Waals surface area contributed by atoms with E-state index in [1.807, 2.05) is 31.5 Å². The van der Waals surface area contributed by atoms with Crippen molar-refractivity contribution < 1.29 is 4.79 Å². The molecule has 0 saturated heterocycles. The van der Waals surface area contributed by atoms with E-state index in [-0.39, 0.29) is 23.9 Å². The van der Waals surface area contributed by atoms with E-state index in [4.69, 9.17) is 5.73 Å². The van der Waals surface area contributed by atoms with Gasteiger partial charge in [-0.3, -0.25) is 4.79 Å². The fourth-order valence-corrected chi connectivity index (χ4v) is 1.82. The summed E-state index contributed by atoms with van der Waals surface area (Å²) in [7, 11) is 0. The van der Waals surface area contributed by atoms with Gasteiger partial charge in [0.05, 0.1) is 5.56 Å². The summed E-state index contributed by atoms with van der Waals surface area (Å²) in [5, 5.41) is 6.62. The number of amides is 1. The van der Waals surface area contributed by atoms with Crippen LogP contribution in [-0.2, 0) is 0 Å². The second-order valence-corrected chi connectivity index (χ2v) is 4.88. The Morgan fingerprint density at radius 2 is 2.13 bits per heavy atom. The number of nitrogens with one attached hydrogen (secondary N) is 1. The van der Waals surface area contributed by atoms with Crippen LogP contribution in [-0.4, -0.2) is 18.0 Å². The zero-order valence-corrected chi connectivity index (χ0v) is 10.8. The van der Waals surface area contributed by atoms with Gasteiger partial charge in [0.2, 0.25) is 0 Å². The normalized spacial score (nSPS) is 10.7. The van der Waals surface area contributed by atoms with Crippen molar-refractivity contribution in [3.63, 3.8) is 0 Å². The molecule has 15 heavy (non-hydrogen) atoms. The molecule has 0 bridgehead atoms. The van der Waals surface area contributed by atoms with Crippen molar-refractivity contribution in [2.24, 2.45) is 5.73 Å². The van der Waals surface area contributed by atoms with E-state index in [9.17, 15) is 4.79 Å². The van der Waals surface area contributed by atoms with Crippen LogP contribution >= 0.6 is 23.7 Å². The van der Waals surface area contributed by atoms with Crippen LogP contribution < -0.4 is 11.1 Å². The monoisotopic (exact) mass is 248 g/mol. The number of hydrogen-bond acceptors (Lipinski definition) is 3. The van der Waals surface area contributed by atoms with Gasteiger partial charge in [-0.05, 0) is 31.7 Å². The highest BCUT2D eigenvalue weighted by Gasteiger charge is 2.14. The lowest BCUT2D eigenvalue weighted by Crippen LogP contribution is -2.45. The van der Waals surface area contributed by atoms with Crippen molar-refractivity contribution in [2.45, 2.75) is 26.3 Å². The van der Waals surface area contributed by atoms with Crippen molar-refractivity contribution in [2.75, 3.05) is 6.54 Å². The quantitative estimate of drug-likeness (QED) is 0.859. The minimum Gasteiger partial charge on any atom is -0.350 e. The number of halogens is 1. The Morgan fingerprint density at radius 3 is 2.53 bits per heavy atom. The SMILES string of the molecule is Cc1cscc1C(=O)NCC(C)(C)N.Cl. The number of carbonyl (C=O) groups is 1. The van der Waals surface area contributed by atoms with Crippen molar-refractivity contribution in [3.05, 3.63) is 21.9 Å². The number of hydrogen-bond donors (Lipinski definition) is 2. The average molecular weight is 249 g/mol. The summed E-state index contributed by atoms with van der Waals surface area (Å²) in [4.78, 5) is 11.6. The maximum absolute atomic E-state index is 11.6. The summed E-state index contributed by atoms with van der Waals surface area (Å²) in [5.74, 6) is -0.0396. The molecule has 3 N–H and O–H groups in total. The molecular formula is C10H17ClN2OS. The van der Waals surface area contributed by atoms with Crippen LogP contribution in [0.3, 0.4) is 0 Å². The molecule has 0 fully saturated rings. The Bertz CT molecular complexity index is 330. The number of rotatable bonds is 3. The number of carbonyl (C=O) groups excluding carboxylic acids is 1. The minimum absolute atomic E-state index is 0. The van der Waals surface area contributed by atoms with Gasteiger partial charge >= 0.3 is 0 Å². The molecule has 1 aromatic heterocycles. The van der Waals surface area contributed by atoms with Crippen LogP contribution in [0.15, 0.2) is 10.8 Å². The Kier molecular flexibility index (Phi) is 5.28. The Labute approximate surface area is 100 Å². The van der Waals surface area contributed by atoms with E-state index in [0.717, 1.165) is 11.1 Å². The lowest BCUT2D eigenvalue weighted by Gasteiger charge is -2.18. The van der Waals surface area contributed by atoms with E-state index in [0.29, 0.717) is 6.54 Å². The smallest absolute Gasteiger partial charge is 0.252 e. The molecule has 3 nitrogen and oxygen atoms in total. The molecule has 1 heterocycles. The molecule has 1 amide bonds. The lowest BCUT2D eigenvalue weighted by molar-refractivity contribution is 0.0946. The van der Waals surface area contributed by atoms with E-state index in [1.165, 1.54) is 11.3 Å². The summed E-state index contributed by atoms with van der Waals surface area (Å²) in [6.07, 6.45) is 0. The van der Waals surface area contributed by atoms with Gasteiger partial charge in [-0.1, -0.05) is 0 Å². The van der Waals surface area contributed by atoms with Crippen LogP contribution in [0, 0.1) is 6.92 Å². The van der Waals surface area contributed by atoms with Gasteiger partial charge in [-0.2, -0.15) is 11.3 Å². The first kappa shape index (κ1) is 14.4. The Balaban J connectivity index is 0.00000196. The van der Waals surface area contributed by atoms with E-state index in [1.54, 1.807) is 0 Å². The first-order valence-electron chi connectivity index (χ1n) is 4.50. The third-order valence-electron chi connectivity index (χ3n) is 1.80. The highest BCUT2D eigenvalue weighted by atomic mass is 35.5. The van der Waals surface area contributed by atoms with Crippen molar-refractivity contribution >= 4 is 29.7 Å². The van der Waals surface area contributed by atoms with Gasteiger partial charge in [0.15, 0.2) is 0 Å². The van der Waals surface area contributed by atoms with E-state index in [2.05, 4.69) is 5.32 Å². The maximum atomic E-state index is 11.6. The molecule has 0 spiro atoms. The summed E-state index contributed by atoms with van der Waals surface area (Å²) in [5.41, 5.74) is 7.17. The first-order valence-corrected chi connectivity index (χ1v) is 5.44. The predicted molar refractivity (Wildman–Crippen MR) is 66.9 cm³/mol. The van der Waals surface area contributed by atoms with Gasteiger partial charge in [0.1, 0.15) is 0 Å². The number of thiophene rings is 1. The highest BCUT2D eigenvalue weighted by molar-refractivity contribution is 7.08. The van der Waals surface area contributed by atoms with E-state index >= 15 is 0 Å². The molecule has 0 aromatic carbocycles. The molecule has 0 atom stereocenters. The Hall–Kier alpha value is -0.580. The molecule has 0 aliphatic heterocycles. The first-order chi connectivity index (χ1) is 6.40. The molecular weight excluding hydrogens is 232 g/mol. The van der Waals surface area contributed by atoms with Gasteiger partial charge in [-0.25, -0.2) is 0 Å². The minimum atomic E-state index is -0.362. The second-order valence-electron chi connectivity index (χ2n) is 4.14. The fraction of sp³-hybridized carbons (Fsp3) is 0.500. The third-order valence-corrected chi connectivity index (χ3v) is 2.67. The van der Waals surface area contributed by atoms with Crippen LogP contribution in [0.5, 0.6) is 0 Å². The molecule has 0 unspecified atom stereocenters. The van der Waals surface area contributed by atoms with Gasteiger partial charge in [0.25, 0.3) is 5.91 Å². The maximum Gasteiger partial charge on any atom is 0.252 e. The van der Waals surface area contributed by atoms with Gasteiger partial charge in [-0.15, -0.1) is 12.4 Å². The average Bonchev–Trinajstić information content (AvgIpc) is 2.46. The Morgan fingerprint density at radius 1 is 1.53 bits per heavy atom. The van der Waals surface area contributed by atoms with Crippen LogP contribution in [0.2, 0.25) is 0 Å². The third kappa shape index (κ3) is 4.64. The molecule has 1 rings (SSSR count). The molecule has 0 aliphatic rings. The van der Waals surface area contributed by atoms with Crippen molar-refractivity contribution in [3.8, 4) is 0 Å². The molecule has 0 aliphatic carbocycles. The summed E-state index contributed by atoms with van der Waals surface area (Å²) in [6, 6.07) is 0. The molecule has 0 radical (unpaired) electrons.